The summed E-state index contributed by atoms with van der Waals surface area (Å²) in [6, 6.07) is 4.84. The number of aliphatic hydroxyl groups is 1. The van der Waals surface area contributed by atoms with Crippen LogP contribution in [0.5, 0.6) is 0 Å². The molecule has 90 valence electrons. The van der Waals surface area contributed by atoms with E-state index in [1.165, 1.54) is 17.8 Å². The van der Waals surface area contributed by atoms with E-state index in [-0.39, 0.29) is 11.4 Å². The Morgan fingerprint density at radius 2 is 2.12 bits per heavy atom. The molecule has 0 radical (unpaired) electrons. The molecule has 0 bridgehead atoms. The van der Waals surface area contributed by atoms with Gasteiger partial charge in [-0.15, -0.1) is 11.8 Å². The summed E-state index contributed by atoms with van der Waals surface area (Å²) >= 11 is 1.30. The zero-order valence-corrected chi connectivity index (χ0v) is 10.8. The lowest BCUT2D eigenvalue weighted by atomic mass is 10.1. The summed E-state index contributed by atoms with van der Waals surface area (Å²) in [5, 5.41) is 9.70. The predicted octanol–water partition coefficient (Wildman–Crippen LogP) is 0.804. The van der Waals surface area contributed by atoms with Gasteiger partial charge in [0.1, 0.15) is 0 Å². The van der Waals surface area contributed by atoms with Crippen LogP contribution in [0, 0.1) is 0 Å². The minimum Gasteiger partial charge on any atom is -0.387 e. The van der Waals surface area contributed by atoms with Crippen molar-refractivity contribution in [1.82, 2.24) is 0 Å². The first kappa shape index (κ1) is 13.5. The maximum absolute atomic E-state index is 11.5. The Kier molecular flexibility index (Phi) is 4.37. The largest absolute Gasteiger partial charge is 0.387 e. The van der Waals surface area contributed by atoms with Crippen molar-refractivity contribution in [3.05, 3.63) is 23.8 Å². The molecule has 1 aromatic carbocycles. The molecular formula is C10H15NO3S2. The van der Waals surface area contributed by atoms with Gasteiger partial charge in [-0.3, -0.25) is 0 Å². The molecule has 0 aliphatic rings. The number of hydrogen-bond donors (Lipinski definition) is 2. The van der Waals surface area contributed by atoms with Crippen LogP contribution in [0.25, 0.3) is 0 Å². The van der Waals surface area contributed by atoms with Gasteiger partial charge in [0.05, 0.1) is 11.0 Å². The molecule has 0 spiro atoms. The van der Waals surface area contributed by atoms with Gasteiger partial charge in [0, 0.05) is 17.7 Å². The highest BCUT2D eigenvalue weighted by atomic mass is 32.2. The summed E-state index contributed by atoms with van der Waals surface area (Å²) in [4.78, 5) is 0.813. The Hall–Kier alpha value is -0.560. The third kappa shape index (κ3) is 2.76. The van der Waals surface area contributed by atoms with E-state index in [1.54, 1.807) is 18.4 Å². The van der Waals surface area contributed by atoms with E-state index in [1.807, 2.05) is 0 Å². The molecule has 1 unspecified atom stereocenters. The highest BCUT2D eigenvalue weighted by molar-refractivity contribution is 7.99. The number of thioether (sulfide) groups is 1. The van der Waals surface area contributed by atoms with Gasteiger partial charge in [0.15, 0.2) is 9.84 Å². The predicted molar refractivity (Wildman–Crippen MR) is 65.3 cm³/mol. The molecule has 4 nitrogen and oxygen atoms in total. The van der Waals surface area contributed by atoms with Gasteiger partial charge in [-0.05, 0) is 17.9 Å². The summed E-state index contributed by atoms with van der Waals surface area (Å²) in [7, 11) is -3.28. The Bertz CT molecular complexity index is 471. The minimum atomic E-state index is -3.28. The number of aliphatic hydroxyl groups excluding tert-OH is 1. The first-order chi connectivity index (χ1) is 7.41. The third-order valence-electron chi connectivity index (χ3n) is 2.20. The second-order valence-electron chi connectivity index (χ2n) is 3.40. The molecule has 3 N–H and O–H groups in total. The maximum atomic E-state index is 11.5. The number of sulfone groups is 1. The SMILES string of the molecule is CSc1c(C(O)CN)cccc1S(C)(=O)=O. The van der Waals surface area contributed by atoms with Crippen LogP contribution in [0.3, 0.4) is 0 Å². The van der Waals surface area contributed by atoms with Crippen molar-refractivity contribution in [3.8, 4) is 0 Å². The number of rotatable bonds is 4. The van der Waals surface area contributed by atoms with Crippen LogP contribution in [0.15, 0.2) is 28.0 Å². The van der Waals surface area contributed by atoms with Gasteiger partial charge in [0.25, 0.3) is 0 Å². The summed E-state index contributed by atoms with van der Waals surface area (Å²) in [6.45, 7) is 0.0702. The van der Waals surface area contributed by atoms with E-state index >= 15 is 0 Å². The first-order valence-corrected chi connectivity index (χ1v) is 7.78. The quantitative estimate of drug-likeness (QED) is 0.784. The highest BCUT2D eigenvalue weighted by Gasteiger charge is 2.19. The molecule has 0 saturated heterocycles. The van der Waals surface area contributed by atoms with E-state index in [2.05, 4.69) is 0 Å². The summed E-state index contributed by atoms with van der Waals surface area (Å²) in [5.74, 6) is 0. The molecule has 0 aliphatic carbocycles. The van der Waals surface area contributed by atoms with Crippen LogP contribution in [-0.2, 0) is 9.84 Å². The number of nitrogens with two attached hydrogens (primary N) is 1. The molecule has 0 saturated carbocycles. The molecule has 0 aliphatic heterocycles. The van der Waals surface area contributed by atoms with Gasteiger partial charge in [-0.1, -0.05) is 12.1 Å². The van der Waals surface area contributed by atoms with Crippen molar-refractivity contribution < 1.29 is 13.5 Å². The van der Waals surface area contributed by atoms with E-state index < -0.39 is 15.9 Å². The van der Waals surface area contributed by atoms with Gasteiger partial charge >= 0.3 is 0 Å². The molecule has 0 amide bonds. The Morgan fingerprint density at radius 3 is 2.56 bits per heavy atom. The van der Waals surface area contributed by atoms with Gasteiger partial charge in [-0.25, -0.2) is 8.42 Å². The molecule has 1 rings (SSSR count). The van der Waals surface area contributed by atoms with Crippen LogP contribution in [0.4, 0.5) is 0 Å². The zero-order chi connectivity index (χ0) is 12.3. The van der Waals surface area contributed by atoms with Crippen molar-refractivity contribution in [1.29, 1.82) is 0 Å². The molecule has 1 aromatic rings. The standard InChI is InChI=1S/C10H15NO3S2/c1-15-10-7(8(12)6-11)4-3-5-9(10)16(2,13)14/h3-5,8,12H,6,11H2,1-2H3. The van der Waals surface area contributed by atoms with Crippen molar-refractivity contribution in [2.45, 2.75) is 15.9 Å². The van der Waals surface area contributed by atoms with E-state index in [4.69, 9.17) is 5.73 Å². The fourth-order valence-electron chi connectivity index (χ4n) is 1.43. The average Bonchev–Trinajstić information content (AvgIpc) is 2.25. The maximum Gasteiger partial charge on any atom is 0.176 e. The van der Waals surface area contributed by atoms with Gasteiger partial charge in [0.2, 0.25) is 0 Å². The lowest BCUT2D eigenvalue weighted by Gasteiger charge is -2.15. The smallest absolute Gasteiger partial charge is 0.176 e. The minimum absolute atomic E-state index is 0.0702. The fourth-order valence-corrected chi connectivity index (χ4v) is 3.63. The Labute approximate surface area is 99.8 Å². The fraction of sp³-hybridized carbons (Fsp3) is 0.400. The number of benzene rings is 1. The van der Waals surface area contributed by atoms with Crippen LogP contribution in [0.1, 0.15) is 11.7 Å². The van der Waals surface area contributed by atoms with Crippen LogP contribution < -0.4 is 5.73 Å². The monoisotopic (exact) mass is 261 g/mol. The van der Waals surface area contributed by atoms with Crippen molar-refractivity contribution >= 4 is 21.6 Å². The Balaban J connectivity index is 3.44. The lowest BCUT2D eigenvalue weighted by molar-refractivity contribution is 0.183. The van der Waals surface area contributed by atoms with Gasteiger partial charge < -0.3 is 10.8 Å². The average molecular weight is 261 g/mol. The van der Waals surface area contributed by atoms with E-state index in [9.17, 15) is 13.5 Å². The van der Waals surface area contributed by atoms with Crippen LogP contribution in [0.2, 0.25) is 0 Å². The molecule has 0 fully saturated rings. The third-order valence-corrected chi connectivity index (χ3v) is 4.33. The molecular weight excluding hydrogens is 246 g/mol. The highest BCUT2D eigenvalue weighted by Crippen LogP contribution is 2.31. The second kappa shape index (κ2) is 5.18. The van der Waals surface area contributed by atoms with Crippen LogP contribution in [-0.4, -0.2) is 32.6 Å². The van der Waals surface area contributed by atoms with Crippen molar-refractivity contribution in [2.24, 2.45) is 5.73 Å². The summed E-state index contributed by atoms with van der Waals surface area (Å²) in [6.07, 6.45) is 2.10. The van der Waals surface area contributed by atoms with Gasteiger partial charge in [-0.2, -0.15) is 0 Å². The Morgan fingerprint density at radius 1 is 1.50 bits per heavy atom. The van der Waals surface area contributed by atoms with E-state index in [0.29, 0.717) is 10.5 Å². The first-order valence-electron chi connectivity index (χ1n) is 4.67. The summed E-state index contributed by atoms with van der Waals surface area (Å²) in [5.41, 5.74) is 5.95. The topological polar surface area (TPSA) is 80.4 Å². The van der Waals surface area contributed by atoms with Crippen molar-refractivity contribution in [3.63, 3.8) is 0 Å². The van der Waals surface area contributed by atoms with E-state index in [0.717, 1.165) is 6.26 Å². The van der Waals surface area contributed by atoms with Crippen molar-refractivity contribution in [2.75, 3.05) is 19.1 Å². The normalized spacial score (nSPS) is 13.8. The molecule has 16 heavy (non-hydrogen) atoms. The molecule has 0 heterocycles. The zero-order valence-electron chi connectivity index (χ0n) is 9.17. The summed E-state index contributed by atoms with van der Waals surface area (Å²) < 4.78 is 23.1. The number of hydrogen-bond acceptors (Lipinski definition) is 5. The molecule has 6 heteroatoms. The molecule has 1 atom stereocenters. The van der Waals surface area contributed by atoms with Crippen LogP contribution >= 0.6 is 11.8 Å². The second-order valence-corrected chi connectivity index (χ2v) is 6.20. The lowest BCUT2D eigenvalue weighted by Crippen LogP contribution is -2.13. The molecule has 0 aromatic heterocycles.